The number of rotatable bonds is 3. The van der Waals surface area contributed by atoms with Crippen LogP contribution in [0.1, 0.15) is 0 Å². The van der Waals surface area contributed by atoms with Crippen molar-refractivity contribution in [1.29, 1.82) is 0 Å². The van der Waals surface area contributed by atoms with Crippen LogP contribution in [0.25, 0.3) is 16.9 Å². The van der Waals surface area contributed by atoms with E-state index in [1.165, 1.54) is 4.68 Å². The topological polar surface area (TPSA) is 72.8 Å². The maximum absolute atomic E-state index is 12.4. The monoisotopic (exact) mass is 372 g/mol. The Labute approximate surface area is 151 Å². The first-order valence-electron chi connectivity index (χ1n) is 7.27. The number of halogens is 2. The first-order chi connectivity index (χ1) is 12.1. The summed E-state index contributed by atoms with van der Waals surface area (Å²) in [4.78, 5) is 19.5. The Kier molecular flexibility index (Phi) is 3.91. The summed E-state index contributed by atoms with van der Waals surface area (Å²) in [6.45, 7) is 0. The molecule has 0 spiro atoms. The van der Waals surface area contributed by atoms with Crippen LogP contribution in [-0.2, 0) is 0 Å². The minimum Gasteiger partial charge on any atom is -0.456 e. The van der Waals surface area contributed by atoms with Crippen molar-refractivity contribution in [1.82, 2.24) is 19.7 Å². The maximum atomic E-state index is 12.4. The van der Waals surface area contributed by atoms with Gasteiger partial charge in [0.2, 0.25) is 5.95 Å². The van der Waals surface area contributed by atoms with E-state index in [4.69, 9.17) is 27.9 Å². The number of nitrogens with zero attached hydrogens (tertiary/aromatic N) is 3. The van der Waals surface area contributed by atoms with Gasteiger partial charge in [0.25, 0.3) is 5.56 Å². The smallest absolute Gasteiger partial charge is 0.260 e. The number of hydrogen-bond donors (Lipinski definition) is 1. The Balaban J connectivity index is 1.74. The third-order valence-corrected chi connectivity index (χ3v) is 4.04. The Hall–Kier alpha value is -2.83. The molecule has 2 heterocycles. The van der Waals surface area contributed by atoms with Crippen LogP contribution in [0.15, 0.2) is 59.7 Å². The third-order valence-electron chi connectivity index (χ3n) is 3.51. The van der Waals surface area contributed by atoms with Gasteiger partial charge in [0.05, 0.1) is 15.9 Å². The average Bonchev–Trinajstić information content (AvgIpc) is 3.12. The van der Waals surface area contributed by atoms with Crippen LogP contribution in [0, 0.1) is 0 Å². The number of aromatic nitrogens is 4. The lowest BCUT2D eigenvalue weighted by Gasteiger charge is -2.09. The molecule has 2 aromatic heterocycles. The van der Waals surface area contributed by atoms with Gasteiger partial charge in [0.15, 0.2) is 0 Å². The highest BCUT2D eigenvalue weighted by Gasteiger charge is 2.09. The van der Waals surface area contributed by atoms with Gasteiger partial charge in [-0.25, -0.2) is 9.67 Å². The van der Waals surface area contributed by atoms with Gasteiger partial charge < -0.3 is 4.74 Å². The Morgan fingerprint density at radius 3 is 2.76 bits per heavy atom. The number of hydrogen-bond acceptors (Lipinski definition) is 4. The van der Waals surface area contributed by atoms with Crippen LogP contribution in [-0.4, -0.2) is 19.7 Å². The molecular weight excluding hydrogens is 363 g/mol. The summed E-state index contributed by atoms with van der Waals surface area (Å²) in [5, 5.41) is 5.36. The average molecular weight is 373 g/mol. The van der Waals surface area contributed by atoms with Crippen LogP contribution in [0.3, 0.4) is 0 Å². The van der Waals surface area contributed by atoms with Gasteiger partial charge >= 0.3 is 0 Å². The summed E-state index contributed by atoms with van der Waals surface area (Å²) in [5.74, 6) is 1.26. The highest BCUT2D eigenvalue weighted by Crippen LogP contribution is 2.32. The van der Waals surface area contributed by atoms with E-state index in [1.54, 1.807) is 54.9 Å². The first kappa shape index (κ1) is 15.7. The van der Waals surface area contributed by atoms with Gasteiger partial charge in [-0.05, 0) is 42.5 Å². The SMILES string of the molecule is O=c1[nH]c(-n2cccn2)nc2ccc(Oc3ccc(Cl)cc3Cl)cc12. The van der Waals surface area contributed by atoms with Crippen LogP contribution in [0.5, 0.6) is 11.5 Å². The van der Waals surface area contributed by atoms with Gasteiger partial charge in [0, 0.05) is 17.4 Å². The second-order valence-electron chi connectivity index (χ2n) is 5.20. The molecule has 0 saturated carbocycles. The summed E-state index contributed by atoms with van der Waals surface area (Å²) >= 11 is 12.0. The van der Waals surface area contributed by atoms with Crippen molar-refractivity contribution < 1.29 is 4.74 Å². The molecule has 0 fully saturated rings. The van der Waals surface area contributed by atoms with E-state index in [2.05, 4.69) is 15.1 Å². The van der Waals surface area contributed by atoms with E-state index in [-0.39, 0.29) is 5.56 Å². The molecule has 124 valence electrons. The van der Waals surface area contributed by atoms with Crippen molar-refractivity contribution in [3.8, 4) is 17.4 Å². The van der Waals surface area contributed by atoms with E-state index >= 15 is 0 Å². The van der Waals surface area contributed by atoms with Gasteiger partial charge in [0.1, 0.15) is 11.5 Å². The van der Waals surface area contributed by atoms with Crippen LogP contribution in [0.4, 0.5) is 0 Å². The van der Waals surface area contributed by atoms with E-state index in [9.17, 15) is 4.79 Å². The van der Waals surface area contributed by atoms with Gasteiger partial charge in [-0.15, -0.1) is 0 Å². The van der Waals surface area contributed by atoms with Crippen LogP contribution in [0.2, 0.25) is 10.0 Å². The fourth-order valence-corrected chi connectivity index (χ4v) is 2.80. The molecule has 0 unspecified atom stereocenters. The molecule has 0 bridgehead atoms. The van der Waals surface area contributed by atoms with Crippen LogP contribution < -0.4 is 10.3 Å². The lowest BCUT2D eigenvalue weighted by Crippen LogP contribution is -2.13. The lowest BCUT2D eigenvalue weighted by atomic mass is 10.2. The summed E-state index contributed by atoms with van der Waals surface area (Å²) < 4.78 is 7.23. The van der Waals surface area contributed by atoms with E-state index in [1.807, 2.05) is 0 Å². The zero-order valence-electron chi connectivity index (χ0n) is 12.6. The molecule has 0 amide bonds. The predicted molar refractivity (Wildman–Crippen MR) is 96.0 cm³/mol. The van der Waals surface area contributed by atoms with Gasteiger partial charge in [-0.2, -0.15) is 5.10 Å². The van der Waals surface area contributed by atoms with Crippen molar-refractivity contribution in [2.75, 3.05) is 0 Å². The quantitative estimate of drug-likeness (QED) is 0.584. The zero-order chi connectivity index (χ0) is 17.4. The molecule has 4 aromatic rings. The van der Waals surface area contributed by atoms with Gasteiger partial charge in [-0.3, -0.25) is 9.78 Å². The lowest BCUT2D eigenvalue weighted by molar-refractivity contribution is 0.483. The minimum atomic E-state index is -0.289. The molecule has 0 aliphatic carbocycles. The van der Waals surface area contributed by atoms with E-state index in [0.717, 1.165) is 0 Å². The standard InChI is InChI=1S/C17H10Cl2N4O2/c18-10-2-5-15(13(19)8-10)25-11-3-4-14-12(9-11)16(24)22-17(21-14)23-7-1-6-20-23/h1-9H,(H,21,22,24). The van der Waals surface area contributed by atoms with Crippen molar-refractivity contribution >= 4 is 34.1 Å². The molecule has 1 N–H and O–H groups in total. The summed E-state index contributed by atoms with van der Waals surface area (Å²) in [6, 6.07) is 11.7. The largest absolute Gasteiger partial charge is 0.456 e. The van der Waals surface area contributed by atoms with Crippen LogP contribution >= 0.6 is 23.2 Å². The van der Waals surface area contributed by atoms with Crippen molar-refractivity contribution in [2.45, 2.75) is 0 Å². The number of fused-ring (bicyclic) bond motifs is 1. The second kappa shape index (κ2) is 6.23. The normalized spacial score (nSPS) is 11.0. The molecule has 4 rings (SSSR count). The second-order valence-corrected chi connectivity index (χ2v) is 6.04. The summed E-state index contributed by atoms with van der Waals surface area (Å²) in [7, 11) is 0. The molecule has 2 aromatic carbocycles. The number of aromatic amines is 1. The number of nitrogens with one attached hydrogen (secondary N) is 1. The van der Waals surface area contributed by atoms with Crippen molar-refractivity contribution in [2.24, 2.45) is 0 Å². The Morgan fingerprint density at radius 2 is 2.00 bits per heavy atom. The minimum absolute atomic E-state index is 0.289. The molecule has 25 heavy (non-hydrogen) atoms. The fraction of sp³-hybridized carbons (Fsp3) is 0. The molecule has 8 heteroatoms. The number of ether oxygens (including phenoxy) is 1. The molecule has 0 saturated heterocycles. The maximum Gasteiger partial charge on any atom is 0.260 e. The Morgan fingerprint density at radius 1 is 1.12 bits per heavy atom. The summed E-state index contributed by atoms with van der Waals surface area (Å²) in [6.07, 6.45) is 3.31. The van der Waals surface area contributed by atoms with Crippen molar-refractivity contribution in [3.05, 3.63) is 75.3 Å². The molecule has 0 aliphatic rings. The van der Waals surface area contributed by atoms with Crippen molar-refractivity contribution in [3.63, 3.8) is 0 Å². The molecule has 6 nitrogen and oxygen atoms in total. The Bertz CT molecular complexity index is 1120. The summed E-state index contributed by atoms with van der Waals surface area (Å²) in [5.41, 5.74) is 0.243. The fourth-order valence-electron chi connectivity index (χ4n) is 2.36. The van der Waals surface area contributed by atoms with Gasteiger partial charge in [-0.1, -0.05) is 23.2 Å². The molecular formula is C17H10Cl2N4O2. The molecule has 0 atom stereocenters. The molecule has 0 radical (unpaired) electrons. The van der Waals surface area contributed by atoms with E-state index in [0.29, 0.717) is 38.4 Å². The molecule has 0 aliphatic heterocycles. The number of benzene rings is 2. The van der Waals surface area contributed by atoms with E-state index < -0.39 is 0 Å². The number of H-pyrrole nitrogens is 1. The highest BCUT2D eigenvalue weighted by molar-refractivity contribution is 6.35. The zero-order valence-corrected chi connectivity index (χ0v) is 14.1. The predicted octanol–water partition coefficient (Wildman–Crippen LogP) is 4.21. The first-order valence-corrected chi connectivity index (χ1v) is 8.03. The third kappa shape index (κ3) is 3.09. The highest BCUT2D eigenvalue weighted by atomic mass is 35.5.